The first-order valence-corrected chi connectivity index (χ1v) is 8.03. The minimum Gasteiger partial charge on any atom is -0.339 e. The molecule has 0 saturated heterocycles. The lowest BCUT2D eigenvalue weighted by atomic mass is 10.1. The van der Waals surface area contributed by atoms with E-state index in [1.807, 2.05) is 35.2 Å². The van der Waals surface area contributed by atoms with Gasteiger partial charge in [0.15, 0.2) is 5.82 Å². The number of hydrogen-bond donors (Lipinski definition) is 1. The molecule has 0 aliphatic carbocycles. The summed E-state index contributed by atoms with van der Waals surface area (Å²) in [6, 6.07) is 16.4. The predicted molar refractivity (Wildman–Crippen MR) is 98.1 cm³/mol. The molecule has 0 bridgehead atoms. The quantitative estimate of drug-likeness (QED) is 0.756. The number of rotatable bonds is 5. The first kappa shape index (κ1) is 15.9. The average molecular weight is 319 g/mol. The van der Waals surface area contributed by atoms with Crippen molar-refractivity contribution in [2.24, 2.45) is 0 Å². The molecule has 3 aromatic rings. The van der Waals surface area contributed by atoms with Crippen LogP contribution in [0.2, 0.25) is 0 Å². The standard InChI is InChI=1S/C19H21N5/c1-4-24(17-8-6-5-7-9-17)19-22-18(13-20-23-19)21-16-11-14(2)10-15(3)12-16/h5-13H,4H2,1-3H3,(H,21,22,23). The minimum absolute atomic E-state index is 0.582. The number of nitrogens with zero attached hydrogens (tertiary/aromatic N) is 4. The predicted octanol–water partition coefficient (Wildman–Crippen LogP) is 4.39. The molecule has 122 valence electrons. The summed E-state index contributed by atoms with van der Waals surface area (Å²) < 4.78 is 0. The second-order valence-electron chi connectivity index (χ2n) is 5.72. The molecule has 1 N–H and O–H groups in total. The molecule has 24 heavy (non-hydrogen) atoms. The molecule has 0 amide bonds. The van der Waals surface area contributed by atoms with Gasteiger partial charge in [-0.25, -0.2) is 0 Å². The number of aromatic nitrogens is 3. The van der Waals surface area contributed by atoms with Gasteiger partial charge < -0.3 is 10.2 Å². The van der Waals surface area contributed by atoms with Gasteiger partial charge in [0.05, 0.1) is 6.20 Å². The molecule has 0 unspecified atom stereocenters. The van der Waals surface area contributed by atoms with Crippen LogP contribution in [0.5, 0.6) is 0 Å². The molecule has 0 saturated carbocycles. The Kier molecular flexibility index (Phi) is 4.70. The number of aryl methyl sites for hydroxylation is 2. The highest BCUT2D eigenvalue weighted by atomic mass is 15.3. The molecule has 0 spiro atoms. The Bertz CT molecular complexity index is 797. The highest BCUT2D eigenvalue weighted by Crippen LogP contribution is 2.23. The Balaban J connectivity index is 1.88. The van der Waals surface area contributed by atoms with Gasteiger partial charge in [0.1, 0.15) is 0 Å². The summed E-state index contributed by atoms with van der Waals surface area (Å²) in [5.74, 6) is 1.26. The lowest BCUT2D eigenvalue weighted by Gasteiger charge is -2.20. The van der Waals surface area contributed by atoms with Crippen molar-refractivity contribution in [2.45, 2.75) is 20.8 Å². The minimum atomic E-state index is 0.582. The van der Waals surface area contributed by atoms with Gasteiger partial charge in [-0.2, -0.15) is 10.1 Å². The Labute approximate surface area is 142 Å². The van der Waals surface area contributed by atoms with Crippen molar-refractivity contribution in [1.29, 1.82) is 0 Å². The highest BCUT2D eigenvalue weighted by molar-refractivity contribution is 5.61. The molecule has 0 fully saturated rings. The molecule has 5 nitrogen and oxygen atoms in total. The van der Waals surface area contributed by atoms with Gasteiger partial charge in [-0.1, -0.05) is 24.3 Å². The summed E-state index contributed by atoms with van der Waals surface area (Å²) in [6.45, 7) is 6.99. The van der Waals surface area contributed by atoms with Crippen molar-refractivity contribution in [2.75, 3.05) is 16.8 Å². The Morgan fingerprint density at radius 2 is 1.71 bits per heavy atom. The van der Waals surface area contributed by atoms with Crippen molar-refractivity contribution in [1.82, 2.24) is 15.2 Å². The third-order valence-corrected chi connectivity index (χ3v) is 3.67. The van der Waals surface area contributed by atoms with Crippen molar-refractivity contribution < 1.29 is 0 Å². The Hall–Kier alpha value is -2.95. The number of benzene rings is 2. The van der Waals surface area contributed by atoms with E-state index in [4.69, 9.17) is 0 Å². The van der Waals surface area contributed by atoms with Crippen LogP contribution in [0.25, 0.3) is 0 Å². The van der Waals surface area contributed by atoms with Crippen LogP contribution < -0.4 is 10.2 Å². The summed E-state index contributed by atoms with van der Waals surface area (Å²) in [7, 11) is 0. The lowest BCUT2D eigenvalue weighted by Crippen LogP contribution is -2.19. The molecule has 1 aromatic heterocycles. The zero-order valence-corrected chi connectivity index (χ0v) is 14.2. The smallest absolute Gasteiger partial charge is 0.251 e. The topological polar surface area (TPSA) is 53.9 Å². The van der Waals surface area contributed by atoms with E-state index in [2.05, 4.69) is 59.5 Å². The van der Waals surface area contributed by atoms with E-state index in [0.29, 0.717) is 11.8 Å². The van der Waals surface area contributed by atoms with E-state index in [1.54, 1.807) is 6.20 Å². The van der Waals surface area contributed by atoms with Crippen molar-refractivity contribution in [3.8, 4) is 0 Å². The zero-order valence-electron chi connectivity index (χ0n) is 14.2. The third-order valence-electron chi connectivity index (χ3n) is 3.67. The highest BCUT2D eigenvalue weighted by Gasteiger charge is 2.11. The largest absolute Gasteiger partial charge is 0.339 e. The molecule has 5 heteroatoms. The monoisotopic (exact) mass is 319 g/mol. The summed E-state index contributed by atoms with van der Waals surface area (Å²) >= 11 is 0. The van der Waals surface area contributed by atoms with E-state index >= 15 is 0 Å². The summed E-state index contributed by atoms with van der Waals surface area (Å²) in [5.41, 5.74) is 4.46. The van der Waals surface area contributed by atoms with Gasteiger partial charge >= 0.3 is 0 Å². The maximum Gasteiger partial charge on any atom is 0.251 e. The van der Waals surface area contributed by atoms with Crippen LogP contribution >= 0.6 is 0 Å². The molecule has 0 aliphatic rings. The molecule has 1 heterocycles. The van der Waals surface area contributed by atoms with Crippen LogP contribution in [-0.4, -0.2) is 21.7 Å². The molecule has 0 radical (unpaired) electrons. The average Bonchev–Trinajstić information content (AvgIpc) is 2.56. The Morgan fingerprint density at radius 1 is 1.00 bits per heavy atom. The maximum atomic E-state index is 4.62. The van der Waals surface area contributed by atoms with E-state index in [0.717, 1.165) is 17.9 Å². The number of nitrogens with one attached hydrogen (secondary N) is 1. The third kappa shape index (κ3) is 3.68. The first-order chi connectivity index (χ1) is 11.7. The fourth-order valence-electron chi connectivity index (χ4n) is 2.71. The fraction of sp³-hybridized carbons (Fsp3) is 0.211. The van der Waals surface area contributed by atoms with Crippen LogP contribution in [0.3, 0.4) is 0 Å². The fourth-order valence-corrected chi connectivity index (χ4v) is 2.71. The maximum absolute atomic E-state index is 4.62. The molecule has 3 rings (SSSR count). The normalized spacial score (nSPS) is 10.5. The van der Waals surface area contributed by atoms with Crippen molar-refractivity contribution in [3.63, 3.8) is 0 Å². The molecule has 0 aliphatic heterocycles. The SMILES string of the molecule is CCN(c1ccccc1)c1nncc(Nc2cc(C)cc(C)c2)n1. The lowest BCUT2D eigenvalue weighted by molar-refractivity contribution is 0.887. The van der Waals surface area contributed by atoms with Crippen LogP contribution in [0, 0.1) is 13.8 Å². The number of anilines is 4. The molecular formula is C19H21N5. The van der Waals surface area contributed by atoms with Crippen LogP contribution in [0.4, 0.5) is 23.1 Å². The van der Waals surface area contributed by atoms with Gasteiger partial charge in [-0.3, -0.25) is 0 Å². The van der Waals surface area contributed by atoms with Crippen LogP contribution in [0.15, 0.2) is 54.7 Å². The van der Waals surface area contributed by atoms with E-state index in [-0.39, 0.29) is 0 Å². The van der Waals surface area contributed by atoms with Crippen LogP contribution in [-0.2, 0) is 0 Å². The van der Waals surface area contributed by atoms with Gasteiger partial charge in [-0.05, 0) is 56.2 Å². The van der Waals surface area contributed by atoms with Gasteiger partial charge in [0.25, 0.3) is 5.95 Å². The first-order valence-electron chi connectivity index (χ1n) is 8.03. The number of hydrogen-bond acceptors (Lipinski definition) is 5. The van der Waals surface area contributed by atoms with Gasteiger partial charge in [-0.15, -0.1) is 5.10 Å². The second-order valence-corrected chi connectivity index (χ2v) is 5.72. The zero-order chi connectivity index (χ0) is 16.9. The van der Waals surface area contributed by atoms with Crippen LogP contribution in [0.1, 0.15) is 18.1 Å². The van der Waals surface area contributed by atoms with Crippen molar-refractivity contribution in [3.05, 3.63) is 65.9 Å². The molecule has 0 atom stereocenters. The molecule has 2 aromatic carbocycles. The Morgan fingerprint density at radius 3 is 2.38 bits per heavy atom. The second kappa shape index (κ2) is 7.08. The van der Waals surface area contributed by atoms with E-state index < -0.39 is 0 Å². The van der Waals surface area contributed by atoms with Gasteiger partial charge in [0, 0.05) is 17.9 Å². The van der Waals surface area contributed by atoms with E-state index in [1.165, 1.54) is 11.1 Å². The number of para-hydroxylation sites is 1. The van der Waals surface area contributed by atoms with E-state index in [9.17, 15) is 0 Å². The van der Waals surface area contributed by atoms with Gasteiger partial charge in [0.2, 0.25) is 0 Å². The summed E-state index contributed by atoms with van der Waals surface area (Å²) in [6.07, 6.45) is 1.64. The summed E-state index contributed by atoms with van der Waals surface area (Å²) in [5, 5.41) is 11.6. The molecular weight excluding hydrogens is 298 g/mol. The van der Waals surface area contributed by atoms with Crippen molar-refractivity contribution >= 4 is 23.1 Å². The summed E-state index contributed by atoms with van der Waals surface area (Å²) in [4.78, 5) is 6.64.